The standard InChI is InChI=1S/C12H18N4S/c1-4-12(5-6-12)7-16-10-9(13-11(16)17)8(2)14-15(10)3/h4-7H2,1-3H3,(H,13,17). The molecule has 0 aliphatic heterocycles. The first-order valence-corrected chi connectivity index (χ1v) is 6.59. The molecule has 1 N–H and O–H groups in total. The number of fused-ring (bicyclic) bond motifs is 1. The molecule has 1 aliphatic carbocycles. The lowest BCUT2D eigenvalue weighted by molar-refractivity contribution is 0.409. The van der Waals surface area contributed by atoms with Crippen LogP contribution in [0.2, 0.25) is 0 Å². The molecular formula is C12H18N4S. The van der Waals surface area contributed by atoms with Crippen molar-refractivity contribution in [1.82, 2.24) is 19.3 Å². The molecule has 2 aromatic heterocycles. The average Bonchev–Trinajstić information content (AvgIpc) is 2.92. The Morgan fingerprint density at radius 2 is 2.18 bits per heavy atom. The first kappa shape index (κ1) is 11.0. The maximum absolute atomic E-state index is 5.44. The average molecular weight is 250 g/mol. The minimum Gasteiger partial charge on any atom is -0.328 e. The van der Waals surface area contributed by atoms with E-state index in [0.29, 0.717) is 5.41 Å². The van der Waals surface area contributed by atoms with E-state index in [2.05, 4.69) is 21.6 Å². The summed E-state index contributed by atoms with van der Waals surface area (Å²) in [6, 6.07) is 0. The number of nitrogens with one attached hydrogen (secondary N) is 1. The van der Waals surface area contributed by atoms with Gasteiger partial charge in [-0.2, -0.15) is 5.10 Å². The molecule has 0 bridgehead atoms. The Morgan fingerprint density at radius 1 is 1.47 bits per heavy atom. The van der Waals surface area contributed by atoms with E-state index in [1.165, 1.54) is 19.3 Å². The third-order valence-electron chi connectivity index (χ3n) is 4.13. The monoisotopic (exact) mass is 250 g/mol. The second-order valence-electron chi connectivity index (χ2n) is 5.28. The molecule has 0 aromatic carbocycles. The normalized spacial score (nSPS) is 17.8. The highest BCUT2D eigenvalue weighted by atomic mass is 32.1. The molecule has 1 aliphatic rings. The molecule has 0 amide bonds. The van der Waals surface area contributed by atoms with Crippen LogP contribution in [0.1, 0.15) is 31.9 Å². The lowest BCUT2D eigenvalue weighted by atomic mass is 10.0. The molecule has 2 aromatic rings. The maximum atomic E-state index is 5.44. The molecule has 0 unspecified atom stereocenters. The van der Waals surface area contributed by atoms with Gasteiger partial charge < -0.3 is 9.55 Å². The minimum absolute atomic E-state index is 0.492. The number of hydrogen-bond donors (Lipinski definition) is 1. The Kier molecular flexibility index (Phi) is 2.23. The summed E-state index contributed by atoms with van der Waals surface area (Å²) in [6.45, 7) is 5.32. The molecule has 3 rings (SSSR count). The second kappa shape index (κ2) is 3.45. The van der Waals surface area contributed by atoms with Crippen molar-refractivity contribution < 1.29 is 0 Å². The number of nitrogens with zero attached hydrogens (tertiary/aromatic N) is 3. The Labute approximate surface area is 106 Å². The van der Waals surface area contributed by atoms with Crippen LogP contribution in [-0.2, 0) is 13.6 Å². The van der Waals surface area contributed by atoms with Gasteiger partial charge in [-0.25, -0.2) is 0 Å². The Hall–Kier alpha value is -1.10. The van der Waals surface area contributed by atoms with Crippen molar-refractivity contribution in [3.63, 3.8) is 0 Å². The molecule has 17 heavy (non-hydrogen) atoms. The summed E-state index contributed by atoms with van der Waals surface area (Å²) in [5, 5.41) is 4.45. The van der Waals surface area contributed by atoms with Crippen molar-refractivity contribution in [2.24, 2.45) is 12.5 Å². The second-order valence-corrected chi connectivity index (χ2v) is 5.66. The molecule has 5 heteroatoms. The molecule has 1 saturated carbocycles. The fraction of sp³-hybridized carbons (Fsp3) is 0.667. The fourth-order valence-corrected chi connectivity index (χ4v) is 2.91. The van der Waals surface area contributed by atoms with Crippen LogP contribution in [0.3, 0.4) is 0 Å². The number of H-pyrrole nitrogens is 1. The number of aryl methyl sites for hydroxylation is 2. The van der Waals surface area contributed by atoms with Gasteiger partial charge >= 0.3 is 0 Å². The summed E-state index contributed by atoms with van der Waals surface area (Å²) in [5.41, 5.74) is 3.73. The quantitative estimate of drug-likeness (QED) is 0.851. The van der Waals surface area contributed by atoms with Gasteiger partial charge in [-0.3, -0.25) is 4.68 Å². The molecule has 4 nitrogen and oxygen atoms in total. The van der Waals surface area contributed by atoms with E-state index in [4.69, 9.17) is 12.2 Å². The number of aromatic amines is 1. The highest BCUT2D eigenvalue weighted by molar-refractivity contribution is 7.71. The zero-order valence-corrected chi connectivity index (χ0v) is 11.4. The first-order valence-electron chi connectivity index (χ1n) is 6.18. The van der Waals surface area contributed by atoms with E-state index in [1.807, 2.05) is 18.7 Å². The van der Waals surface area contributed by atoms with Gasteiger partial charge in [-0.15, -0.1) is 0 Å². The minimum atomic E-state index is 0.492. The van der Waals surface area contributed by atoms with Crippen LogP contribution in [0.15, 0.2) is 0 Å². The van der Waals surface area contributed by atoms with Gasteiger partial charge in [0, 0.05) is 13.6 Å². The topological polar surface area (TPSA) is 38.5 Å². The van der Waals surface area contributed by atoms with E-state index < -0.39 is 0 Å². The van der Waals surface area contributed by atoms with Crippen LogP contribution in [-0.4, -0.2) is 19.3 Å². The highest BCUT2D eigenvalue weighted by Gasteiger charge is 2.41. The van der Waals surface area contributed by atoms with E-state index in [-0.39, 0.29) is 0 Å². The zero-order valence-electron chi connectivity index (χ0n) is 10.6. The van der Waals surface area contributed by atoms with Crippen molar-refractivity contribution in [2.45, 2.75) is 39.7 Å². The predicted molar refractivity (Wildman–Crippen MR) is 70.6 cm³/mol. The van der Waals surface area contributed by atoms with Crippen molar-refractivity contribution in [3.05, 3.63) is 10.5 Å². The Bertz CT molecular complexity index is 627. The van der Waals surface area contributed by atoms with Crippen LogP contribution in [0.25, 0.3) is 11.2 Å². The molecule has 92 valence electrons. The highest BCUT2D eigenvalue weighted by Crippen LogP contribution is 2.50. The van der Waals surface area contributed by atoms with Gasteiger partial charge in [0.15, 0.2) is 10.4 Å². The first-order chi connectivity index (χ1) is 8.06. The van der Waals surface area contributed by atoms with E-state index in [0.717, 1.165) is 28.2 Å². The number of aromatic nitrogens is 4. The van der Waals surface area contributed by atoms with Gasteiger partial charge in [-0.05, 0) is 43.8 Å². The van der Waals surface area contributed by atoms with Crippen molar-refractivity contribution in [3.8, 4) is 0 Å². The smallest absolute Gasteiger partial charge is 0.179 e. The lowest BCUT2D eigenvalue weighted by Crippen LogP contribution is -2.12. The fourth-order valence-electron chi connectivity index (χ4n) is 2.65. The van der Waals surface area contributed by atoms with E-state index >= 15 is 0 Å². The largest absolute Gasteiger partial charge is 0.328 e. The zero-order chi connectivity index (χ0) is 12.2. The Balaban J connectivity index is 2.15. The van der Waals surface area contributed by atoms with E-state index in [9.17, 15) is 0 Å². The summed E-state index contributed by atoms with van der Waals surface area (Å²) in [6.07, 6.45) is 3.89. The summed E-state index contributed by atoms with van der Waals surface area (Å²) in [5.74, 6) is 0. The van der Waals surface area contributed by atoms with Crippen LogP contribution < -0.4 is 0 Å². The molecule has 0 radical (unpaired) electrons. The van der Waals surface area contributed by atoms with Gasteiger partial charge in [0.1, 0.15) is 5.52 Å². The Morgan fingerprint density at radius 3 is 2.76 bits per heavy atom. The third kappa shape index (κ3) is 1.56. The van der Waals surface area contributed by atoms with Gasteiger partial charge in [0.05, 0.1) is 5.69 Å². The third-order valence-corrected chi connectivity index (χ3v) is 4.45. The van der Waals surface area contributed by atoms with Gasteiger partial charge in [-0.1, -0.05) is 6.92 Å². The van der Waals surface area contributed by atoms with Crippen LogP contribution >= 0.6 is 12.2 Å². The molecule has 0 spiro atoms. The maximum Gasteiger partial charge on any atom is 0.179 e. The molecule has 1 fully saturated rings. The number of rotatable bonds is 3. The van der Waals surface area contributed by atoms with Gasteiger partial charge in [0.25, 0.3) is 0 Å². The van der Waals surface area contributed by atoms with Crippen LogP contribution in [0.4, 0.5) is 0 Å². The summed E-state index contributed by atoms with van der Waals surface area (Å²) < 4.78 is 4.99. The van der Waals surface area contributed by atoms with Crippen LogP contribution in [0.5, 0.6) is 0 Å². The van der Waals surface area contributed by atoms with Crippen molar-refractivity contribution in [1.29, 1.82) is 0 Å². The SMILES string of the molecule is CCC1(Cn2c(=S)[nH]c3c(C)nn(C)c32)CC1. The van der Waals surface area contributed by atoms with E-state index in [1.54, 1.807) is 0 Å². The molecular weight excluding hydrogens is 232 g/mol. The van der Waals surface area contributed by atoms with Crippen LogP contribution in [0, 0.1) is 17.1 Å². The molecule has 0 saturated heterocycles. The lowest BCUT2D eigenvalue weighted by Gasteiger charge is -2.13. The summed E-state index contributed by atoms with van der Waals surface area (Å²) >= 11 is 5.44. The van der Waals surface area contributed by atoms with Crippen molar-refractivity contribution in [2.75, 3.05) is 0 Å². The number of hydrogen-bond acceptors (Lipinski definition) is 2. The van der Waals surface area contributed by atoms with Gasteiger partial charge in [0.2, 0.25) is 0 Å². The van der Waals surface area contributed by atoms with Crippen molar-refractivity contribution >= 4 is 23.4 Å². The predicted octanol–water partition coefficient (Wildman–Crippen LogP) is 2.93. The summed E-state index contributed by atoms with van der Waals surface area (Å²) in [7, 11) is 1.99. The number of imidazole rings is 1. The summed E-state index contributed by atoms with van der Waals surface area (Å²) in [4.78, 5) is 3.29. The molecule has 2 heterocycles. The molecule has 0 atom stereocenters.